The summed E-state index contributed by atoms with van der Waals surface area (Å²) in [6, 6.07) is 29.5. The molecule has 0 amide bonds. The van der Waals surface area contributed by atoms with Crippen LogP contribution in [0.1, 0.15) is 44.1 Å². The number of hydrogen-bond donors (Lipinski definition) is 0. The Kier molecular flexibility index (Phi) is 5.14. The molecule has 3 aromatic rings. The molecule has 4 aliphatic carbocycles. The highest BCUT2D eigenvalue weighted by Gasteiger charge is 2.56. The molecule has 0 atom stereocenters. The second-order valence-corrected chi connectivity index (χ2v) is 13.3. The maximum Gasteiger partial charge on any atom is 0.323 e. The normalized spacial score (nSPS) is 28.5. The molecule has 0 heterocycles. The van der Waals surface area contributed by atoms with E-state index in [4.69, 9.17) is 4.18 Å². The molecule has 3 heteroatoms. The second kappa shape index (κ2) is 8.06. The molecular weight excluding hydrogens is 424 g/mol. The predicted molar refractivity (Wildman–Crippen MR) is 133 cm³/mol. The lowest BCUT2D eigenvalue weighted by atomic mass is 9.49. The molecule has 0 aliphatic heterocycles. The Balaban J connectivity index is 1.50. The molecule has 2 nitrogen and oxygen atoms in total. The molecule has 0 saturated heterocycles. The van der Waals surface area contributed by atoms with Gasteiger partial charge in [0.05, 0.1) is 5.41 Å². The fourth-order valence-electron chi connectivity index (χ4n) is 7.07. The van der Waals surface area contributed by atoms with E-state index in [2.05, 4.69) is 79.7 Å². The second-order valence-electron chi connectivity index (χ2n) is 10.6. The first-order valence-electron chi connectivity index (χ1n) is 12.3. The van der Waals surface area contributed by atoms with Gasteiger partial charge < -0.3 is 4.18 Å². The van der Waals surface area contributed by atoms with Crippen molar-refractivity contribution in [3.05, 3.63) is 90.5 Å². The molecule has 4 aliphatic rings. The van der Waals surface area contributed by atoms with Gasteiger partial charge in [-0.2, -0.15) is 0 Å². The van der Waals surface area contributed by atoms with Crippen LogP contribution in [0, 0.1) is 30.1 Å². The van der Waals surface area contributed by atoms with Gasteiger partial charge in [-0.05, 0) is 110 Å². The molecule has 0 radical (unpaired) electrons. The minimum absolute atomic E-state index is 0.0462. The van der Waals surface area contributed by atoms with Gasteiger partial charge in [-0.3, -0.25) is 4.79 Å². The van der Waals surface area contributed by atoms with Crippen LogP contribution in [-0.4, -0.2) is 5.97 Å². The largest absolute Gasteiger partial charge is 0.402 e. The van der Waals surface area contributed by atoms with Crippen molar-refractivity contribution in [3.63, 3.8) is 0 Å². The Bertz CT molecular complexity index is 1060. The minimum atomic E-state index is -2.19. The van der Waals surface area contributed by atoms with Crippen molar-refractivity contribution in [1.29, 1.82) is 0 Å². The summed E-state index contributed by atoms with van der Waals surface area (Å²) in [7, 11) is -2.19. The number of aryl methyl sites for hydroxylation is 1. The van der Waals surface area contributed by atoms with Crippen LogP contribution in [0.15, 0.2) is 99.6 Å². The third-order valence-electron chi connectivity index (χ3n) is 8.18. The minimum Gasteiger partial charge on any atom is -0.402 e. The zero-order valence-electron chi connectivity index (χ0n) is 19.3. The average Bonchev–Trinajstić information content (AvgIpc) is 2.83. The van der Waals surface area contributed by atoms with Crippen molar-refractivity contribution in [2.75, 3.05) is 0 Å². The number of rotatable bonds is 5. The van der Waals surface area contributed by atoms with Crippen LogP contribution in [0.4, 0.5) is 0 Å². The number of carbonyl (C=O) groups is 1. The van der Waals surface area contributed by atoms with Crippen LogP contribution < -0.4 is 0 Å². The SMILES string of the molecule is Cc1ccc(S(OC(=O)C23CC4CC(CC(C4)C2)C3)(c2ccccc2)c2ccccc2)cc1. The van der Waals surface area contributed by atoms with Crippen molar-refractivity contribution in [1.82, 2.24) is 0 Å². The van der Waals surface area contributed by atoms with Gasteiger partial charge in [-0.15, -0.1) is 0 Å². The van der Waals surface area contributed by atoms with Crippen LogP contribution in [0.25, 0.3) is 0 Å². The maximum absolute atomic E-state index is 14.3. The molecule has 3 aromatic carbocycles. The molecule has 7 rings (SSSR count). The van der Waals surface area contributed by atoms with E-state index in [1.165, 1.54) is 24.8 Å². The Labute approximate surface area is 198 Å². The fraction of sp³-hybridized carbons (Fsp3) is 0.367. The zero-order chi connectivity index (χ0) is 22.5. The lowest BCUT2D eigenvalue weighted by Gasteiger charge is -2.56. The molecule has 4 bridgehead atoms. The van der Waals surface area contributed by atoms with Crippen molar-refractivity contribution < 1.29 is 8.98 Å². The summed E-state index contributed by atoms with van der Waals surface area (Å²) in [5.41, 5.74) is 0.918. The van der Waals surface area contributed by atoms with Gasteiger partial charge >= 0.3 is 5.97 Å². The molecule has 0 spiro atoms. The third kappa shape index (κ3) is 3.52. The van der Waals surface area contributed by atoms with Crippen LogP contribution in [0.2, 0.25) is 0 Å². The Morgan fingerprint density at radius 1 is 0.697 bits per heavy atom. The van der Waals surface area contributed by atoms with E-state index in [0.717, 1.165) is 33.9 Å². The van der Waals surface area contributed by atoms with Crippen LogP contribution in [-0.2, 0) is 8.98 Å². The Morgan fingerprint density at radius 3 is 1.58 bits per heavy atom. The summed E-state index contributed by atoms with van der Waals surface area (Å²) < 4.78 is 6.97. The standard InChI is InChI=1S/C30H32O2S/c1-22-12-14-28(15-13-22)33(26-8-4-2-5-9-26,27-10-6-3-7-11-27)32-29(31)30-19-23-16-24(20-30)18-25(17-23)21-30/h2-15,23-25H,16-21H2,1H3. The van der Waals surface area contributed by atoms with Gasteiger partial charge in [0.15, 0.2) is 0 Å². The number of carbonyl (C=O) groups excluding carboxylic acids is 1. The molecular formula is C30H32O2S. The van der Waals surface area contributed by atoms with E-state index in [-0.39, 0.29) is 11.4 Å². The lowest BCUT2D eigenvalue weighted by molar-refractivity contribution is -0.160. The highest BCUT2D eigenvalue weighted by molar-refractivity contribution is 8.30. The highest BCUT2D eigenvalue weighted by atomic mass is 32.3. The summed E-state index contributed by atoms with van der Waals surface area (Å²) in [6.45, 7) is 2.10. The fourth-order valence-corrected chi connectivity index (χ4v) is 10.2. The van der Waals surface area contributed by atoms with Gasteiger partial charge in [-0.25, -0.2) is 0 Å². The first-order chi connectivity index (χ1) is 16.1. The summed E-state index contributed by atoms with van der Waals surface area (Å²) >= 11 is 0. The van der Waals surface area contributed by atoms with E-state index in [0.29, 0.717) is 17.8 Å². The third-order valence-corrected chi connectivity index (χ3v) is 11.4. The van der Waals surface area contributed by atoms with Gasteiger partial charge in [0, 0.05) is 14.7 Å². The quantitative estimate of drug-likeness (QED) is 0.389. The molecule has 4 saturated carbocycles. The summed E-state index contributed by atoms with van der Waals surface area (Å²) in [6.07, 6.45) is 7.01. The number of hydrogen-bond acceptors (Lipinski definition) is 2. The highest BCUT2D eigenvalue weighted by Crippen LogP contribution is 2.71. The molecule has 4 fully saturated rings. The molecule has 0 unspecified atom stereocenters. The van der Waals surface area contributed by atoms with Crippen LogP contribution in [0.5, 0.6) is 0 Å². The Morgan fingerprint density at radius 2 is 1.12 bits per heavy atom. The van der Waals surface area contributed by atoms with Crippen LogP contribution in [0.3, 0.4) is 0 Å². The van der Waals surface area contributed by atoms with Gasteiger partial charge in [0.25, 0.3) is 0 Å². The van der Waals surface area contributed by atoms with Gasteiger partial charge in [-0.1, -0.05) is 54.1 Å². The maximum atomic E-state index is 14.3. The van der Waals surface area contributed by atoms with Crippen molar-refractivity contribution in [2.45, 2.75) is 60.1 Å². The summed E-state index contributed by atoms with van der Waals surface area (Å²) in [5, 5.41) is 0. The van der Waals surface area contributed by atoms with E-state index < -0.39 is 10.3 Å². The van der Waals surface area contributed by atoms with Gasteiger partial charge in [0.1, 0.15) is 0 Å². The van der Waals surface area contributed by atoms with Crippen LogP contribution >= 0.6 is 10.3 Å². The molecule has 0 N–H and O–H groups in total. The molecule has 0 aromatic heterocycles. The van der Waals surface area contributed by atoms with Crippen molar-refractivity contribution in [2.24, 2.45) is 23.2 Å². The average molecular weight is 457 g/mol. The smallest absolute Gasteiger partial charge is 0.323 e. The lowest BCUT2D eigenvalue weighted by Crippen LogP contribution is -2.50. The monoisotopic (exact) mass is 456 g/mol. The van der Waals surface area contributed by atoms with E-state index in [1.807, 2.05) is 12.1 Å². The van der Waals surface area contributed by atoms with Crippen molar-refractivity contribution >= 4 is 16.3 Å². The number of benzene rings is 3. The predicted octanol–water partition coefficient (Wildman–Crippen LogP) is 7.95. The molecule has 170 valence electrons. The first-order valence-corrected chi connectivity index (χ1v) is 13.9. The zero-order valence-corrected chi connectivity index (χ0v) is 20.1. The summed E-state index contributed by atoms with van der Waals surface area (Å²) in [5.74, 6) is 2.17. The molecule has 33 heavy (non-hydrogen) atoms. The van der Waals surface area contributed by atoms with E-state index in [9.17, 15) is 4.79 Å². The summed E-state index contributed by atoms with van der Waals surface area (Å²) in [4.78, 5) is 17.5. The van der Waals surface area contributed by atoms with Gasteiger partial charge in [0.2, 0.25) is 0 Å². The van der Waals surface area contributed by atoms with E-state index >= 15 is 0 Å². The first kappa shape index (κ1) is 21.0. The Hall–Kier alpha value is -2.52. The van der Waals surface area contributed by atoms with Crippen molar-refractivity contribution in [3.8, 4) is 0 Å². The topological polar surface area (TPSA) is 26.3 Å². The van der Waals surface area contributed by atoms with E-state index in [1.54, 1.807) is 0 Å².